The summed E-state index contributed by atoms with van der Waals surface area (Å²) in [7, 11) is 1.36. The Hall–Kier alpha value is -3.67. The molecule has 4 rings (SSSR count). The summed E-state index contributed by atoms with van der Waals surface area (Å²) >= 11 is 1.23. The molecule has 0 radical (unpaired) electrons. The second-order valence-electron chi connectivity index (χ2n) is 6.82. The summed E-state index contributed by atoms with van der Waals surface area (Å²) in [4.78, 5) is 18.5. The topological polar surface area (TPSA) is 90.2 Å². The van der Waals surface area contributed by atoms with Gasteiger partial charge in [-0.15, -0.1) is 11.3 Å². The van der Waals surface area contributed by atoms with E-state index >= 15 is 0 Å². The molecule has 172 valence electrons. The van der Waals surface area contributed by atoms with Gasteiger partial charge in [0.05, 0.1) is 28.8 Å². The third kappa shape index (κ3) is 4.75. The molecule has 1 N–H and O–H groups in total. The minimum Gasteiger partial charge on any atom is -0.496 e. The third-order valence-corrected chi connectivity index (χ3v) is 5.84. The molecule has 0 aliphatic rings. The maximum absolute atomic E-state index is 14.6. The summed E-state index contributed by atoms with van der Waals surface area (Å²) in [6.07, 6.45) is -4.42. The van der Waals surface area contributed by atoms with Crippen molar-refractivity contribution in [1.29, 1.82) is 0 Å². The quantitative estimate of drug-likeness (QED) is 0.381. The first-order chi connectivity index (χ1) is 15.7. The number of hydrogen-bond donors (Lipinski definition) is 1. The summed E-state index contributed by atoms with van der Waals surface area (Å²) < 4.78 is 68.2. The molecule has 0 saturated carbocycles. The molecule has 0 amide bonds. The molecule has 12 heteroatoms. The van der Waals surface area contributed by atoms with Gasteiger partial charge in [-0.05, 0) is 25.1 Å². The number of H-pyrrole nitrogens is 1. The van der Waals surface area contributed by atoms with E-state index in [4.69, 9.17) is 9.47 Å². The van der Waals surface area contributed by atoms with Gasteiger partial charge in [0.1, 0.15) is 17.4 Å². The number of nitrogens with zero attached hydrogens (tertiary/aromatic N) is 2. The molecule has 0 unspecified atom stereocenters. The van der Waals surface area contributed by atoms with Crippen LogP contribution < -0.4 is 15.2 Å². The van der Waals surface area contributed by atoms with Crippen molar-refractivity contribution in [3.63, 3.8) is 0 Å². The van der Waals surface area contributed by atoms with Gasteiger partial charge in [-0.25, -0.2) is 14.2 Å². The zero-order valence-electron chi connectivity index (χ0n) is 17.1. The Morgan fingerprint density at radius 2 is 1.88 bits per heavy atom. The van der Waals surface area contributed by atoms with Crippen molar-refractivity contribution in [2.45, 2.75) is 19.7 Å². The number of halogens is 4. The highest BCUT2D eigenvalue weighted by molar-refractivity contribution is 7.15. The fourth-order valence-electron chi connectivity index (χ4n) is 2.98. The van der Waals surface area contributed by atoms with Crippen molar-refractivity contribution in [3.05, 3.63) is 68.9 Å². The predicted octanol–water partition coefficient (Wildman–Crippen LogP) is 5.21. The summed E-state index contributed by atoms with van der Waals surface area (Å²) in [5.41, 5.74) is 0.567. The number of alkyl halides is 3. The Balaban J connectivity index is 1.54. The second-order valence-corrected chi connectivity index (χ2v) is 7.90. The zero-order chi connectivity index (χ0) is 23.8. The van der Waals surface area contributed by atoms with Gasteiger partial charge >= 0.3 is 11.9 Å². The number of nitrogens with one attached hydrogen (secondary N) is 1. The van der Waals surface area contributed by atoms with Crippen LogP contribution in [-0.4, -0.2) is 22.2 Å². The van der Waals surface area contributed by atoms with Crippen LogP contribution in [0.5, 0.6) is 11.5 Å². The van der Waals surface area contributed by atoms with Crippen molar-refractivity contribution in [3.8, 4) is 33.5 Å². The number of aryl methyl sites for hydroxylation is 1. The molecule has 0 atom stereocenters. The first-order valence-corrected chi connectivity index (χ1v) is 10.2. The standard InChI is InChI=1S/C21H15F4N3O4S/c1-10-17(33-19(26-10)11-3-5-12(6-4-11)21(23,24)25)9-31-16-8-15(30-2)13(7-14(16)22)18-27-20(29)32-28-18/h3-8H,9H2,1-2H3,(H,27,28,29). The van der Waals surface area contributed by atoms with Crippen LogP contribution in [0.4, 0.5) is 17.6 Å². The fraction of sp³-hybridized carbons (Fsp3) is 0.190. The van der Waals surface area contributed by atoms with Gasteiger partial charge in [-0.3, -0.25) is 9.51 Å². The molecule has 4 aromatic rings. The van der Waals surface area contributed by atoms with Crippen LogP contribution in [0.15, 0.2) is 45.7 Å². The van der Waals surface area contributed by atoms with Gasteiger partial charge in [0.15, 0.2) is 17.4 Å². The predicted molar refractivity (Wildman–Crippen MR) is 111 cm³/mol. The van der Waals surface area contributed by atoms with Gasteiger partial charge in [-0.1, -0.05) is 17.3 Å². The van der Waals surface area contributed by atoms with E-state index in [1.807, 2.05) is 0 Å². The molecule has 0 aliphatic heterocycles. The Labute approximate surface area is 187 Å². The average molecular weight is 481 g/mol. The van der Waals surface area contributed by atoms with Crippen LogP contribution in [-0.2, 0) is 12.8 Å². The van der Waals surface area contributed by atoms with Crippen LogP contribution in [0.1, 0.15) is 16.1 Å². The first-order valence-electron chi connectivity index (χ1n) is 9.36. The summed E-state index contributed by atoms with van der Waals surface area (Å²) in [6, 6.07) is 7.09. The largest absolute Gasteiger partial charge is 0.496 e. The van der Waals surface area contributed by atoms with Crippen LogP contribution in [0.25, 0.3) is 22.0 Å². The number of ether oxygens (including phenoxy) is 2. The Morgan fingerprint density at radius 1 is 1.15 bits per heavy atom. The molecule has 0 spiro atoms. The monoisotopic (exact) mass is 481 g/mol. The minimum atomic E-state index is -4.42. The van der Waals surface area contributed by atoms with E-state index in [2.05, 4.69) is 19.6 Å². The lowest BCUT2D eigenvalue weighted by molar-refractivity contribution is -0.137. The molecule has 0 fully saturated rings. The average Bonchev–Trinajstić information content (AvgIpc) is 3.37. The molecule has 7 nitrogen and oxygen atoms in total. The van der Waals surface area contributed by atoms with E-state index in [-0.39, 0.29) is 29.5 Å². The second kappa shape index (κ2) is 8.70. The van der Waals surface area contributed by atoms with E-state index < -0.39 is 23.3 Å². The van der Waals surface area contributed by atoms with E-state index in [1.165, 1.54) is 36.6 Å². The van der Waals surface area contributed by atoms with Crippen molar-refractivity contribution < 1.29 is 31.6 Å². The number of aromatic amines is 1. The van der Waals surface area contributed by atoms with Crippen molar-refractivity contribution >= 4 is 11.3 Å². The molecule has 2 aromatic carbocycles. The van der Waals surface area contributed by atoms with E-state index in [0.717, 1.165) is 18.2 Å². The normalized spacial score (nSPS) is 11.6. The molecule has 0 bridgehead atoms. The van der Waals surface area contributed by atoms with E-state index in [1.54, 1.807) is 6.92 Å². The Kier molecular flexibility index (Phi) is 5.93. The zero-order valence-corrected chi connectivity index (χ0v) is 17.9. The number of methoxy groups -OCH3 is 1. The smallest absolute Gasteiger partial charge is 0.439 e. The lowest BCUT2D eigenvalue weighted by Gasteiger charge is -2.11. The lowest BCUT2D eigenvalue weighted by atomic mass is 10.1. The number of aromatic nitrogens is 3. The SMILES string of the molecule is COc1cc(OCc2sc(-c3ccc(C(F)(F)F)cc3)nc2C)c(F)cc1-c1noc(=O)[nH]1. The maximum Gasteiger partial charge on any atom is 0.439 e. The minimum absolute atomic E-state index is 0.00165. The molecular formula is C21H15F4N3O4S. The number of hydrogen-bond acceptors (Lipinski definition) is 7. The number of thiazole rings is 1. The Bertz CT molecular complexity index is 1340. The highest BCUT2D eigenvalue weighted by atomic mass is 32.1. The molecule has 0 saturated heterocycles. The van der Waals surface area contributed by atoms with Gasteiger partial charge in [0.2, 0.25) is 0 Å². The Morgan fingerprint density at radius 3 is 2.48 bits per heavy atom. The van der Waals surface area contributed by atoms with Crippen molar-refractivity contribution in [1.82, 2.24) is 15.1 Å². The van der Waals surface area contributed by atoms with Crippen molar-refractivity contribution in [2.24, 2.45) is 0 Å². The first kappa shape index (κ1) is 22.5. The molecular weight excluding hydrogens is 466 g/mol. The van der Waals surface area contributed by atoms with E-state index in [0.29, 0.717) is 21.1 Å². The van der Waals surface area contributed by atoms with Gasteiger partial charge < -0.3 is 9.47 Å². The van der Waals surface area contributed by atoms with Gasteiger partial charge in [-0.2, -0.15) is 13.2 Å². The third-order valence-electron chi connectivity index (χ3n) is 4.66. The van der Waals surface area contributed by atoms with Crippen molar-refractivity contribution in [2.75, 3.05) is 7.11 Å². The number of rotatable bonds is 6. The maximum atomic E-state index is 14.6. The summed E-state index contributed by atoms with van der Waals surface area (Å²) in [6.45, 7) is 1.70. The lowest BCUT2D eigenvalue weighted by Crippen LogP contribution is -2.03. The van der Waals surface area contributed by atoms with Crippen LogP contribution >= 0.6 is 11.3 Å². The molecule has 2 heterocycles. The van der Waals surface area contributed by atoms with Crippen LogP contribution in [0.3, 0.4) is 0 Å². The molecule has 2 aromatic heterocycles. The van der Waals surface area contributed by atoms with Crippen LogP contribution in [0.2, 0.25) is 0 Å². The van der Waals surface area contributed by atoms with E-state index in [9.17, 15) is 22.4 Å². The highest BCUT2D eigenvalue weighted by Crippen LogP contribution is 2.36. The summed E-state index contributed by atoms with van der Waals surface area (Å²) in [5.74, 6) is -1.42. The molecule has 33 heavy (non-hydrogen) atoms. The number of benzene rings is 2. The molecule has 0 aliphatic carbocycles. The summed E-state index contributed by atoms with van der Waals surface area (Å²) in [5, 5.41) is 4.04. The van der Waals surface area contributed by atoms with Gasteiger partial charge in [0.25, 0.3) is 0 Å². The fourth-order valence-corrected chi connectivity index (χ4v) is 3.96. The van der Waals surface area contributed by atoms with Crippen LogP contribution in [0, 0.1) is 12.7 Å². The van der Waals surface area contributed by atoms with Gasteiger partial charge in [0, 0.05) is 11.6 Å². The highest BCUT2D eigenvalue weighted by Gasteiger charge is 2.30.